The highest BCUT2D eigenvalue weighted by atomic mass is 35.5. The zero-order valence-corrected chi connectivity index (χ0v) is 18.9. The molecule has 1 amide bonds. The first kappa shape index (κ1) is 24.0. The Morgan fingerprint density at radius 1 is 1.16 bits per heavy atom. The van der Waals surface area contributed by atoms with E-state index in [0.29, 0.717) is 11.6 Å². The number of halogens is 4. The number of rotatable bonds is 8. The molecule has 1 aromatic heterocycles. The number of carbonyl (C=O) groups excluding carboxylic acids is 1. The molecule has 1 N–H and O–H groups in total. The highest BCUT2D eigenvalue weighted by molar-refractivity contribution is 7.15. The Bertz CT molecular complexity index is 1090. The third-order valence-corrected chi connectivity index (χ3v) is 6.00. The highest BCUT2D eigenvalue weighted by Gasteiger charge is 2.30. The van der Waals surface area contributed by atoms with Crippen LogP contribution in [0.2, 0.25) is 5.02 Å². The van der Waals surface area contributed by atoms with Crippen molar-refractivity contribution in [3.05, 3.63) is 86.9 Å². The summed E-state index contributed by atoms with van der Waals surface area (Å²) in [4.78, 5) is 17.4. The number of hydrogen-bond acceptors (Lipinski definition) is 3. The first-order chi connectivity index (χ1) is 15.2. The molecule has 0 fully saturated rings. The van der Waals surface area contributed by atoms with Gasteiger partial charge in [-0.2, -0.15) is 13.2 Å². The van der Waals surface area contributed by atoms with Crippen molar-refractivity contribution in [3.8, 4) is 0 Å². The average molecular weight is 479 g/mol. The summed E-state index contributed by atoms with van der Waals surface area (Å²) in [5, 5.41) is 3.18. The van der Waals surface area contributed by atoms with Crippen molar-refractivity contribution >= 4 is 40.1 Å². The predicted molar refractivity (Wildman–Crippen MR) is 124 cm³/mol. The van der Waals surface area contributed by atoms with E-state index in [-0.39, 0.29) is 10.6 Å². The monoisotopic (exact) mass is 478 g/mol. The molecular weight excluding hydrogens is 457 g/mol. The molecule has 0 spiro atoms. The largest absolute Gasteiger partial charge is 0.416 e. The van der Waals surface area contributed by atoms with Gasteiger partial charge in [0, 0.05) is 28.6 Å². The van der Waals surface area contributed by atoms with Gasteiger partial charge in [-0.3, -0.25) is 10.1 Å². The lowest BCUT2D eigenvalue weighted by Crippen LogP contribution is -2.07. The van der Waals surface area contributed by atoms with Gasteiger partial charge in [0.1, 0.15) is 0 Å². The van der Waals surface area contributed by atoms with Crippen LogP contribution < -0.4 is 5.32 Å². The van der Waals surface area contributed by atoms with Crippen LogP contribution >= 0.6 is 22.9 Å². The Kier molecular flexibility index (Phi) is 8.10. The SMILES string of the molecule is CCCCc1ccc(Cc2cnc(NC(=O)/C=C/c3cc(C(F)(F)F)ccc3Cl)s2)cc1. The summed E-state index contributed by atoms with van der Waals surface area (Å²) in [5.74, 6) is -0.500. The molecule has 0 unspecified atom stereocenters. The topological polar surface area (TPSA) is 42.0 Å². The maximum Gasteiger partial charge on any atom is 0.416 e. The molecule has 3 aromatic rings. The highest BCUT2D eigenvalue weighted by Crippen LogP contribution is 2.32. The molecular formula is C24H22ClF3N2OS. The molecule has 3 rings (SSSR count). The molecule has 0 atom stereocenters. The zero-order valence-electron chi connectivity index (χ0n) is 17.4. The minimum atomic E-state index is -4.48. The smallest absolute Gasteiger partial charge is 0.298 e. The number of aryl methyl sites for hydroxylation is 1. The van der Waals surface area contributed by atoms with Crippen molar-refractivity contribution in [1.82, 2.24) is 4.98 Å². The van der Waals surface area contributed by atoms with Crippen molar-refractivity contribution in [1.29, 1.82) is 0 Å². The number of benzene rings is 2. The van der Waals surface area contributed by atoms with E-state index in [4.69, 9.17) is 11.6 Å². The number of carbonyl (C=O) groups is 1. The molecule has 0 aliphatic rings. The number of alkyl halides is 3. The number of amides is 1. The van der Waals surface area contributed by atoms with E-state index in [1.165, 1.54) is 35.8 Å². The second kappa shape index (κ2) is 10.8. The fourth-order valence-electron chi connectivity index (χ4n) is 3.01. The average Bonchev–Trinajstić information content (AvgIpc) is 3.18. The van der Waals surface area contributed by atoms with Gasteiger partial charge in [-0.15, -0.1) is 11.3 Å². The minimum Gasteiger partial charge on any atom is -0.298 e. The van der Waals surface area contributed by atoms with Crippen molar-refractivity contribution in [3.63, 3.8) is 0 Å². The van der Waals surface area contributed by atoms with Crippen LogP contribution in [-0.2, 0) is 23.8 Å². The molecule has 168 valence electrons. The Labute approximate surface area is 194 Å². The quantitative estimate of drug-likeness (QED) is 0.343. The van der Waals surface area contributed by atoms with Gasteiger partial charge in [0.2, 0.25) is 5.91 Å². The van der Waals surface area contributed by atoms with Gasteiger partial charge in [0.05, 0.1) is 5.56 Å². The van der Waals surface area contributed by atoms with E-state index >= 15 is 0 Å². The van der Waals surface area contributed by atoms with Crippen molar-refractivity contribution in [2.24, 2.45) is 0 Å². The Morgan fingerprint density at radius 3 is 2.56 bits per heavy atom. The molecule has 3 nitrogen and oxygen atoms in total. The van der Waals surface area contributed by atoms with Gasteiger partial charge in [-0.05, 0) is 53.8 Å². The standard InChI is InChI=1S/C24H22ClF3N2OS/c1-2-3-4-16-5-7-17(8-6-16)13-20-15-29-23(32-20)30-22(31)12-9-18-14-19(24(26,27)28)10-11-21(18)25/h5-12,14-15H,2-4,13H2,1H3,(H,29,30,31)/b12-9+. The number of nitrogens with zero attached hydrogens (tertiary/aromatic N) is 1. The van der Waals surface area contributed by atoms with Gasteiger partial charge in [-0.25, -0.2) is 4.98 Å². The van der Waals surface area contributed by atoms with Crippen molar-refractivity contribution in [2.75, 3.05) is 5.32 Å². The van der Waals surface area contributed by atoms with Gasteiger partial charge >= 0.3 is 6.18 Å². The Hall–Kier alpha value is -2.64. The molecule has 2 aromatic carbocycles. The molecule has 0 aliphatic carbocycles. The normalized spacial score (nSPS) is 11.8. The maximum atomic E-state index is 12.9. The number of unbranched alkanes of at least 4 members (excludes halogenated alkanes) is 1. The molecule has 32 heavy (non-hydrogen) atoms. The summed E-state index contributed by atoms with van der Waals surface area (Å²) in [5.41, 5.74) is 1.76. The van der Waals surface area contributed by atoms with Crippen LogP contribution in [0.25, 0.3) is 6.08 Å². The van der Waals surface area contributed by atoms with E-state index in [9.17, 15) is 18.0 Å². The molecule has 0 radical (unpaired) electrons. The van der Waals surface area contributed by atoms with Crippen LogP contribution in [0.4, 0.5) is 18.3 Å². The van der Waals surface area contributed by atoms with E-state index in [2.05, 4.69) is 41.5 Å². The van der Waals surface area contributed by atoms with Crippen LogP contribution in [0.15, 0.2) is 54.7 Å². The number of thiazole rings is 1. The minimum absolute atomic E-state index is 0.110. The fraction of sp³-hybridized carbons (Fsp3) is 0.250. The van der Waals surface area contributed by atoms with Gasteiger partial charge in [0.25, 0.3) is 0 Å². The van der Waals surface area contributed by atoms with Crippen molar-refractivity contribution < 1.29 is 18.0 Å². The predicted octanol–water partition coefficient (Wildman–Crippen LogP) is 7.40. The molecule has 1 heterocycles. The number of anilines is 1. The molecule has 0 saturated heterocycles. The van der Waals surface area contributed by atoms with Crippen molar-refractivity contribution in [2.45, 2.75) is 38.8 Å². The third-order valence-electron chi connectivity index (χ3n) is 4.74. The lowest BCUT2D eigenvalue weighted by atomic mass is 10.0. The maximum absolute atomic E-state index is 12.9. The summed E-state index contributed by atoms with van der Waals surface area (Å²) in [6, 6.07) is 11.4. The number of nitrogens with one attached hydrogen (secondary N) is 1. The van der Waals surface area contributed by atoms with Gasteiger partial charge in [0.15, 0.2) is 5.13 Å². The van der Waals surface area contributed by atoms with Crippen LogP contribution in [0, 0.1) is 0 Å². The summed E-state index contributed by atoms with van der Waals surface area (Å²) in [6.07, 6.45) is 3.73. The Balaban J connectivity index is 1.59. The van der Waals surface area contributed by atoms with Crippen LogP contribution in [-0.4, -0.2) is 10.9 Å². The van der Waals surface area contributed by atoms with E-state index in [1.807, 2.05) is 0 Å². The zero-order chi connectivity index (χ0) is 23.1. The summed E-state index contributed by atoms with van der Waals surface area (Å²) >= 11 is 7.30. The second-order valence-corrected chi connectivity index (χ2v) is 8.81. The van der Waals surface area contributed by atoms with E-state index < -0.39 is 17.6 Å². The first-order valence-corrected chi connectivity index (χ1v) is 11.3. The number of aromatic nitrogens is 1. The van der Waals surface area contributed by atoms with E-state index in [1.54, 1.807) is 6.20 Å². The van der Waals surface area contributed by atoms with Gasteiger partial charge < -0.3 is 0 Å². The lowest BCUT2D eigenvalue weighted by Gasteiger charge is -2.08. The van der Waals surface area contributed by atoms with Crippen LogP contribution in [0.3, 0.4) is 0 Å². The molecule has 8 heteroatoms. The van der Waals surface area contributed by atoms with E-state index in [0.717, 1.165) is 41.1 Å². The van der Waals surface area contributed by atoms with Gasteiger partial charge in [-0.1, -0.05) is 49.2 Å². The Morgan fingerprint density at radius 2 is 1.88 bits per heavy atom. The lowest BCUT2D eigenvalue weighted by molar-refractivity contribution is -0.137. The molecule has 0 bridgehead atoms. The van der Waals surface area contributed by atoms with Crippen LogP contribution in [0.1, 0.15) is 46.9 Å². The summed E-state index contributed by atoms with van der Waals surface area (Å²) in [7, 11) is 0. The first-order valence-electron chi connectivity index (χ1n) is 10.1. The molecule has 0 aliphatic heterocycles. The number of hydrogen-bond donors (Lipinski definition) is 1. The summed E-state index contributed by atoms with van der Waals surface area (Å²) < 4.78 is 38.6. The second-order valence-electron chi connectivity index (χ2n) is 7.29. The summed E-state index contributed by atoms with van der Waals surface area (Å²) in [6.45, 7) is 2.17. The fourth-order valence-corrected chi connectivity index (χ4v) is 4.04. The van der Waals surface area contributed by atoms with Crippen LogP contribution in [0.5, 0.6) is 0 Å². The third kappa shape index (κ3) is 6.93. The molecule has 0 saturated carbocycles.